The number of Topliss-reactive ketones (excluding diaryl/α,β-unsaturated/α-hetero) is 1. The Bertz CT molecular complexity index is 1280. The van der Waals surface area contributed by atoms with Crippen molar-refractivity contribution >= 4 is 17.4 Å². The molecule has 5 heteroatoms. The third-order valence-corrected chi connectivity index (χ3v) is 5.77. The SMILES string of the molecule is O=C(NN=C1C(=O)C(c2ccccc2)(c2ccccc2)c2ccccc21)c1ccncc1. The zero-order valence-electron chi connectivity index (χ0n) is 17.1. The molecule has 32 heavy (non-hydrogen) atoms. The van der Waals surface area contributed by atoms with Crippen molar-refractivity contribution in [3.05, 3.63) is 137 Å². The highest BCUT2D eigenvalue weighted by atomic mass is 16.2. The van der Waals surface area contributed by atoms with Gasteiger partial charge in [0.25, 0.3) is 5.91 Å². The molecule has 0 saturated carbocycles. The second kappa shape index (κ2) is 8.04. The second-order valence-corrected chi connectivity index (χ2v) is 7.49. The predicted molar refractivity (Wildman–Crippen MR) is 122 cm³/mol. The molecule has 1 aliphatic rings. The van der Waals surface area contributed by atoms with Crippen LogP contribution in [0, 0.1) is 0 Å². The van der Waals surface area contributed by atoms with Crippen molar-refractivity contribution in [1.29, 1.82) is 0 Å². The number of benzene rings is 3. The van der Waals surface area contributed by atoms with E-state index in [1.807, 2.05) is 84.9 Å². The number of hydrogen-bond donors (Lipinski definition) is 1. The lowest BCUT2D eigenvalue weighted by atomic mass is 9.69. The molecule has 0 aliphatic heterocycles. The molecule has 0 unspecified atom stereocenters. The van der Waals surface area contributed by atoms with Gasteiger partial charge in [-0.3, -0.25) is 14.6 Å². The van der Waals surface area contributed by atoms with E-state index < -0.39 is 11.3 Å². The molecule has 5 rings (SSSR count). The van der Waals surface area contributed by atoms with E-state index in [0.717, 1.165) is 16.7 Å². The molecule has 0 atom stereocenters. The highest BCUT2D eigenvalue weighted by Gasteiger charge is 2.52. The Kier molecular flexibility index (Phi) is 4.92. The number of amides is 1. The first-order chi connectivity index (χ1) is 15.7. The summed E-state index contributed by atoms with van der Waals surface area (Å²) in [5.41, 5.74) is 5.43. The van der Waals surface area contributed by atoms with E-state index in [4.69, 9.17) is 0 Å². The fourth-order valence-corrected chi connectivity index (χ4v) is 4.34. The quantitative estimate of drug-likeness (QED) is 0.508. The number of rotatable bonds is 4. The molecule has 154 valence electrons. The monoisotopic (exact) mass is 417 g/mol. The zero-order chi connectivity index (χ0) is 22.0. The standard InChI is InChI=1S/C27H19N3O2/c31-25-24(29-30-26(32)19-15-17-28-18-16-19)22-13-7-8-14-23(22)27(25,20-9-3-1-4-10-20)21-11-5-2-6-12-21/h1-18H,(H,30,32). The summed E-state index contributed by atoms with van der Waals surface area (Å²) in [6.07, 6.45) is 3.07. The minimum atomic E-state index is -1.04. The molecule has 5 nitrogen and oxygen atoms in total. The number of aromatic nitrogens is 1. The summed E-state index contributed by atoms with van der Waals surface area (Å²) >= 11 is 0. The molecular weight excluding hydrogens is 398 g/mol. The van der Waals surface area contributed by atoms with E-state index in [-0.39, 0.29) is 11.5 Å². The Morgan fingerprint density at radius 3 is 1.94 bits per heavy atom. The minimum Gasteiger partial charge on any atom is -0.291 e. The van der Waals surface area contributed by atoms with Gasteiger partial charge in [0.15, 0.2) is 0 Å². The van der Waals surface area contributed by atoms with Crippen LogP contribution in [-0.2, 0) is 10.2 Å². The van der Waals surface area contributed by atoms with Crippen LogP contribution >= 0.6 is 0 Å². The van der Waals surface area contributed by atoms with Crippen molar-refractivity contribution in [2.75, 3.05) is 0 Å². The maximum absolute atomic E-state index is 14.1. The summed E-state index contributed by atoms with van der Waals surface area (Å²) in [5.74, 6) is -0.576. The lowest BCUT2D eigenvalue weighted by molar-refractivity contribution is -0.115. The molecule has 4 aromatic rings. The fraction of sp³-hybridized carbons (Fsp3) is 0.0370. The van der Waals surface area contributed by atoms with Gasteiger partial charge in [-0.2, -0.15) is 5.10 Å². The first-order valence-corrected chi connectivity index (χ1v) is 10.3. The van der Waals surface area contributed by atoms with Crippen LogP contribution in [0.25, 0.3) is 0 Å². The molecule has 1 N–H and O–H groups in total. The summed E-state index contributed by atoms with van der Waals surface area (Å²) in [6, 6.07) is 30.2. The van der Waals surface area contributed by atoms with Crippen LogP contribution in [0.3, 0.4) is 0 Å². The van der Waals surface area contributed by atoms with Crippen LogP contribution in [0.1, 0.15) is 32.6 Å². The first-order valence-electron chi connectivity index (χ1n) is 10.3. The Hall–Kier alpha value is -4.38. The molecule has 0 bridgehead atoms. The van der Waals surface area contributed by atoms with Crippen molar-refractivity contribution in [2.24, 2.45) is 5.10 Å². The normalized spacial score (nSPS) is 15.4. The van der Waals surface area contributed by atoms with E-state index in [1.165, 1.54) is 12.4 Å². The third kappa shape index (κ3) is 3.03. The maximum atomic E-state index is 14.1. The summed E-state index contributed by atoms with van der Waals surface area (Å²) < 4.78 is 0. The number of ketones is 1. The average molecular weight is 417 g/mol. The molecule has 1 amide bonds. The fourth-order valence-electron chi connectivity index (χ4n) is 4.34. The van der Waals surface area contributed by atoms with Crippen molar-refractivity contribution in [3.8, 4) is 0 Å². The number of carbonyl (C=O) groups excluding carboxylic acids is 2. The van der Waals surface area contributed by atoms with E-state index in [1.54, 1.807) is 12.1 Å². The number of hydrogen-bond acceptors (Lipinski definition) is 4. The van der Waals surface area contributed by atoms with Crippen LogP contribution in [-0.4, -0.2) is 22.4 Å². The van der Waals surface area contributed by atoms with Gasteiger partial charge in [-0.15, -0.1) is 0 Å². The lowest BCUT2D eigenvalue weighted by Crippen LogP contribution is -2.37. The van der Waals surface area contributed by atoms with Crippen molar-refractivity contribution in [1.82, 2.24) is 10.4 Å². The van der Waals surface area contributed by atoms with E-state index in [2.05, 4.69) is 15.5 Å². The zero-order valence-corrected chi connectivity index (χ0v) is 17.1. The van der Waals surface area contributed by atoms with E-state index in [0.29, 0.717) is 11.1 Å². The van der Waals surface area contributed by atoms with Crippen molar-refractivity contribution < 1.29 is 9.59 Å². The van der Waals surface area contributed by atoms with Gasteiger partial charge in [-0.25, -0.2) is 5.43 Å². The molecule has 1 heterocycles. The highest BCUT2D eigenvalue weighted by molar-refractivity contribution is 6.54. The van der Waals surface area contributed by atoms with Gasteiger partial charge >= 0.3 is 0 Å². The van der Waals surface area contributed by atoms with Crippen LogP contribution < -0.4 is 5.43 Å². The molecule has 3 aromatic carbocycles. The van der Waals surface area contributed by atoms with Gasteiger partial charge in [0, 0.05) is 23.5 Å². The first kappa shape index (κ1) is 19.6. The molecule has 1 aliphatic carbocycles. The number of carbonyl (C=O) groups is 2. The van der Waals surface area contributed by atoms with Gasteiger partial charge < -0.3 is 0 Å². The topological polar surface area (TPSA) is 71.4 Å². The van der Waals surface area contributed by atoms with Crippen LogP contribution in [0.4, 0.5) is 0 Å². The Morgan fingerprint density at radius 2 is 1.31 bits per heavy atom. The smallest absolute Gasteiger partial charge is 0.271 e. The molecular formula is C27H19N3O2. The van der Waals surface area contributed by atoms with Crippen LogP contribution in [0.2, 0.25) is 0 Å². The van der Waals surface area contributed by atoms with Gasteiger partial charge in [0.1, 0.15) is 11.1 Å². The van der Waals surface area contributed by atoms with E-state index in [9.17, 15) is 9.59 Å². The van der Waals surface area contributed by atoms with Gasteiger partial charge in [-0.1, -0.05) is 84.9 Å². The molecule has 1 aromatic heterocycles. The van der Waals surface area contributed by atoms with Crippen LogP contribution in [0.5, 0.6) is 0 Å². The van der Waals surface area contributed by atoms with Crippen molar-refractivity contribution in [3.63, 3.8) is 0 Å². The summed E-state index contributed by atoms with van der Waals surface area (Å²) in [4.78, 5) is 30.6. The summed E-state index contributed by atoms with van der Waals surface area (Å²) in [5, 5.41) is 4.32. The summed E-state index contributed by atoms with van der Waals surface area (Å²) in [6.45, 7) is 0. The Labute approximate surface area is 185 Å². The van der Waals surface area contributed by atoms with Gasteiger partial charge in [0.2, 0.25) is 5.78 Å². The predicted octanol–water partition coefficient (Wildman–Crippen LogP) is 4.13. The highest BCUT2D eigenvalue weighted by Crippen LogP contribution is 2.46. The van der Waals surface area contributed by atoms with Crippen LogP contribution in [0.15, 0.2) is 115 Å². The minimum absolute atomic E-state index is 0.175. The number of nitrogens with zero attached hydrogens (tertiary/aromatic N) is 2. The average Bonchev–Trinajstić information content (AvgIpc) is 3.12. The van der Waals surface area contributed by atoms with Gasteiger partial charge in [-0.05, 0) is 28.8 Å². The van der Waals surface area contributed by atoms with Gasteiger partial charge in [0.05, 0.1) is 0 Å². The van der Waals surface area contributed by atoms with E-state index >= 15 is 0 Å². The van der Waals surface area contributed by atoms with Crippen molar-refractivity contribution in [2.45, 2.75) is 5.41 Å². The Balaban J connectivity index is 1.68. The maximum Gasteiger partial charge on any atom is 0.271 e. The third-order valence-electron chi connectivity index (χ3n) is 5.77. The molecule has 0 saturated heterocycles. The summed E-state index contributed by atoms with van der Waals surface area (Å²) in [7, 11) is 0. The number of nitrogens with one attached hydrogen (secondary N) is 1. The molecule has 0 spiro atoms. The number of fused-ring (bicyclic) bond motifs is 1. The lowest BCUT2D eigenvalue weighted by Gasteiger charge is -2.29. The number of pyridine rings is 1. The largest absolute Gasteiger partial charge is 0.291 e. The Morgan fingerprint density at radius 1 is 0.750 bits per heavy atom. The molecule has 0 fully saturated rings. The second-order valence-electron chi connectivity index (χ2n) is 7.49. The molecule has 0 radical (unpaired) electrons. The number of hydrazone groups is 1.